The Kier molecular flexibility index (Phi) is 1.33. The summed E-state index contributed by atoms with van der Waals surface area (Å²) in [4.78, 5) is 0. The summed E-state index contributed by atoms with van der Waals surface area (Å²) in [5.41, 5.74) is 0. The predicted molar refractivity (Wildman–Crippen MR) is 42.2 cm³/mol. The maximum Gasteiger partial charge on any atom is 0.115 e. The Hall–Kier alpha value is 0.300. The van der Waals surface area contributed by atoms with Gasteiger partial charge in [-0.2, -0.15) is 0 Å². The first-order valence-corrected chi connectivity index (χ1v) is 5.98. The summed E-state index contributed by atoms with van der Waals surface area (Å²) >= 11 is 0. The van der Waals surface area contributed by atoms with Crippen LogP contribution in [-0.2, 0) is 21.6 Å². The Morgan fingerprint density at radius 2 is 1.20 bits per heavy atom. The molecule has 3 heterocycles. The third-order valence-electron chi connectivity index (χ3n) is 2.60. The van der Waals surface area contributed by atoms with Crippen molar-refractivity contribution in [2.45, 2.75) is 23.0 Å². The van der Waals surface area contributed by atoms with Gasteiger partial charge in [-0.25, -0.2) is 0 Å². The van der Waals surface area contributed by atoms with Gasteiger partial charge in [0, 0.05) is 0 Å². The van der Waals surface area contributed by atoms with E-state index in [-0.39, 0.29) is 9.16 Å². The summed E-state index contributed by atoms with van der Waals surface area (Å²) in [6.45, 7) is 4.11. The fraction of sp³-hybridized carbons (Fsp3) is 1.00. The molecule has 3 rings (SSSR count). The smallest absolute Gasteiger partial charge is 0.115 e. The topological polar surface area (TPSA) is 34.1 Å². The van der Waals surface area contributed by atoms with Crippen LogP contribution in [0.15, 0.2) is 0 Å². The van der Waals surface area contributed by atoms with Crippen LogP contribution in [0.3, 0.4) is 0 Å². The molecule has 2 nitrogen and oxygen atoms in total. The van der Waals surface area contributed by atoms with Gasteiger partial charge in [0.05, 0.1) is 21.6 Å². The zero-order valence-electron chi connectivity index (χ0n) is 5.94. The van der Waals surface area contributed by atoms with E-state index < -0.39 is 21.6 Å². The third kappa shape index (κ3) is 0.552. The van der Waals surface area contributed by atoms with Crippen molar-refractivity contribution in [3.8, 4) is 0 Å². The summed E-state index contributed by atoms with van der Waals surface area (Å²) in [7, 11) is -1.52. The summed E-state index contributed by atoms with van der Waals surface area (Å²) in [6.07, 6.45) is 0. The van der Waals surface area contributed by atoms with Crippen LogP contribution in [0, 0.1) is 11.8 Å². The zero-order chi connectivity index (χ0) is 7.46. The van der Waals surface area contributed by atoms with E-state index >= 15 is 0 Å². The lowest BCUT2D eigenvalue weighted by atomic mass is 10.0. The van der Waals surface area contributed by atoms with Crippen molar-refractivity contribution in [1.82, 2.24) is 0 Å². The first-order chi connectivity index (χ1) is 4.64. The van der Waals surface area contributed by atoms with Crippen molar-refractivity contribution in [3.05, 3.63) is 0 Å². The molecule has 3 saturated heterocycles. The molecule has 2 atom stereocenters. The van der Waals surface area contributed by atoms with Gasteiger partial charge in [-0.1, -0.05) is 13.8 Å². The highest BCUT2D eigenvalue weighted by atomic mass is 32.3. The van der Waals surface area contributed by atoms with Crippen molar-refractivity contribution in [2.24, 2.45) is 11.8 Å². The van der Waals surface area contributed by atoms with Crippen LogP contribution in [0.1, 0.15) is 13.8 Å². The molecule has 0 aromatic heterocycles. The minimum atomic E-state index is -0.761. The van der Waals surface area contributed by atoms with Crippen LogP contribution in [0.25, 0.3) is 0 Å². The van der Waals surface area contributed by atoms with Crippen molar-refractivity contribution < 1.29 is 8.42 Å². The van der Waals surface area contributed by atoms with Crippen LogP contribution in [-0.4, -0.2) is 17.6 Å². The van der Waals surface area contributed by atoms with Gasteiger partial charge in [-0.3, -0.25) is 8.42 Å². The number of hydrogen-bond donors (Lipinski definition) is 0. The summed E-state index contributed by atoms with van der Waals surface area (Å²) in [5, 5.41) is 0. The molecular formula is C6H10O2S2. The molecule has 3 aliphatic rings. The van der Waals surface area contributed by atoms with E-state index in [1.165, 1.54) is 0 Å². The standard InChI is InChI=1S/C6H10O2S2/c1-3-4(2)6-9(7)5(3)10(6)8/h3-6H,1-2H3/t3-,4-,5?,6?,9?,10?/m1/s1. The lowest BCUT2D eigenvalue weighted by Crippen LogP contribution is -2.40. The highest BCUT2D eigenvalue weighted by Crippen LogP contribution is 2.49. The Balaban J connectivity index is 2.38. The summed E-state index contributed by atoms with van der Waals surface area (Å²) in [6, 6.07) is 0. The molecule has 3 fully saturated rings. The Morgan fingerprint density at radius 1 is 0.900 bits per heavy atom. The average molecular weight is 178 g/mol. The highest BCUT2D eigenvalue weighted by Gasteiger charge is 2.61. The monoisotopic (exact) mass is 178 g/mol. The molecule has 3 aliphatic heterocycles. The number of hydrogen-bond acceptors (Lipinski definition) is 2. The van der Waals surface area contributed by atoms with Gasteiger partial charge in [0.1, 0.15) is 9.16 Å². The second kappa shape index (κ2) is 1.91. The molecule has 4 heteroatoms. The van der Waals surface area contributed by atoms with Crippen LogP contribution >= 0.6 is 0 Å². The Labute approximate surface area is 65.3 Å². The molecule has 0 spiro atoms. The summed E-state index contributed by atoms with van der Waals surface area (Å²) in [5.74, 6) is 0.818. The van der Waals surface area contributed by atoms with Crippen molar-refractivity contribution >= 4 is 21.6 Å². The zero-order valence-corrected chi connectivity index (χ0v) is 7.58. The van der Waals surface area contributed by atoms with E-state index in [1.54, 1.807) is 0 Å². The molecule has 0 amide bonds. The van der Waals surface area contributed by atoms with E-state index in [1.807, 2.05) is 0 Å². The van der Waals surface area contributed by atoms with Crippen molar-refractivity contribution in [3.63, 3.8) is 0 Å². The van der Waals surface area contributed by atoms with E-state index in [0.29, 0.717) is 11.8 Å². The molecule has 0 aromatic carbocycles. The molecule has 2 bridgehead atoms. The second-order valence-corrected chi connectivity index (χ2v) is 7.05. The SMILES string of the molecule is C[C@H]1C2S(=O)C([C@@H]1C)S2=O. The van der Waals surface area contributed by atoms with Crippen molar-refractivity contribution in [1.29, 1.82) is 0 Å². The molecule has 0 radical (unpaired) electrons. The number of rotatable bonds is 0. The molecule has 0 aliphatic carbocycles. The molecule has 10 heavy (non-hydrogen) atoms. The second-order valence-electron chi connectivity index (χ2n) is 3.11. The fourth-order valence-corrected chi connectivity index (χ4v) is 7.06. The molecule has 0 N–H and O–H groups in total. The summed E-state index contributed by atoms with van der Waals surface area (Å²) < 4.78 is 22.4. The Morgan fingerprint density at radius 3 is 1.30 bits per heavy atom. The minimum absolute atomic E-state index is 0.0139. The van der Waals surface area contributed by atoms with E-state index in [9.17, 15) is 8.42 Å². The highest BCUT2D eigenvalue weighted by molar-refractivity contribution is 8.20. The van der Waals surface area contributed by atoms with Crippen LogP contribution in [0.2, 0.25) is 0 Å². The van der Waals surface area contributed by atoms with Gasteiger partial charge in [-0.05, 0) is 11.8 Å². The number of fused-ring (bicyclic) bond motifs is 1. The lowest BCUT2D eigenvalue weighted by molar-refractivity contribution is 0.491. The predicted octanol–water partition coefficient (Wildman–Crippen LogP) is 0.435. The van der Waals surface area contributed by atoms with E-state index in [4.69, 9.17) is 0 Å². The van der Waals surface area contributed by atoms with Gasteiger partial charge in [0.15, 0.2) is 0 Å². The average Bonchev–Trinajstić information content (AvgIpc) is 2.19. The Bertz CT molecular complexity index is 190. The van der Waals surface area contributed by atoms with Crippen LogP contribution in [0.5, 0.6) is 0 Å². The lowest BCUT2D eigenvalue weighted by Gasteiger charge is -2.22. The third-order valence-corrected chi connectivity index (χ3v) is 8.43. The largest absolute Gasteiger partial charge is 0.257 e. The van der Waals surface area contributed by atoms with Gasteiger partial charge in [-0.15, -0.1) is 0 Å². The van der Waals surface area contributed by atoms with Gasteiger partial charge in [0.25, 0.3) is 0 Å². The minimum Gasteiger partial charge on any atom is -0.257 e. The van der Waals surface area contributed by atoms with Gasteiger partial charge in [0.2, 0.25) is 0 Å². The molecule has 0 unspecified atom stereocenters. The molecule has 58 valence electrons. The van der Waals surface area contributed by atoms with Crippen molar-refractivity contribution in [2.75, 3.05) is 0 Å². The maximum atomic E-state index is 11.2. The molecule has 0 saturated carbocycles. The molecule has 0 aromatic rings. The van der Waals surface area contributed by atoms with E-state index in [2.05, 4.69) is 13.8 Å². The quantitative estimate of drug-likeness (QED) is 0.539. The molecular weight excluding hydrogens is 168 g/mol. The first kappa shape index (κ1) is 6.98. The van der Waals surface area contributed by atoms with Gasteiger partial charge < -0.3 is 0 Å². The van der Waals surface area contributed by atoms with Gasteiger partial charge >= 0.3 is 0 Å². The first-order valence-electron chi connectivity index (χ1n) is 3.43. The normalized spacial score (nSPS) is 65.8. The van der Waals surface area contributed by atoms with Crippen LogP contribution in [0.4, 0.5) is 0 Å². The van der Waals surface area contributed by atoms with E-state index in [0.717, 1.165) is 0 Å². The van der Waals surface area contributed by atoms with Crippen LogP contribution < -0.4 is 0 Å². The fourth-order valence-electron chi connectivity index (χ4n) is 1.74. The maximum absolute atomic E-state index is 11.2.